The Morgan fingerprint density at radius 2 is 1.81 bits per heavy atom. The maximum Gasteiger partial charge on any atom is 0.325 e. The first-order valence-corrected chi connectivity index (χ1v) is 13.9. The topological polar surface area (TPSA) is 114 Å². The van der Waals surface area contributed by atoms with Crippen LogP contribution in [-0.4, -0.2) is 46.3 Å². The van der Waals surface area contributed by atoms with Gasteiger partial charge in [-0.3, -0.25) is 4.79 Å². The average Bonchev–Trinajstić information content (AvgIpc) is 3.43. The lowest BCUT2D eigenvalue weighted by Crippen LogP contribution is -2.31. The Balaban J connectivity index is 1.56. The highest BCUT2D eigenvalue weighted by Crippen LogP contribution is 2.24. The summed E-state index contributed by atoms with van der Waals surface area (Å²) in [5.74, 6) is 0.0453. The number of esters is 1. The van der Waals surface area contributed by atoms with E-state index in [0.29, 0.717) is 11.5 Å². The van der Waals surface area contributed by atoms with E-state index >= 15 is 0 Å². The summed E-state index contributed by atoms with van der Waals surface area (Å²) in [5.41, 5.74) is 2.29. The van der Waals surface area contributed by atoms with Crippen molar-refractivity contribution in [3.05, 3.63) is 89.7 Å². The summed E-state index contributed by atoms with van der Waals surface area (Å²) in [5, 5.41) is 5.70. The van der Waals surface area contributed by atoms with Gasteiger partial charge in [0.15, 0.2) is 5.03 Å². The number of anilines is 1. The van der Waals surface area contributed by atoms with E-state index in [4.69, 9.17) is 4.74 Å². The number of hydrogen-bond donors (Lipinski definition) is 1. The Bertz CT molecular complexity index is 1410. The van der Waals surface area contributed by atoms with Gasteiger partial charge in [0.05, 0.1) is 18.3 Å². The molecule has 1 aromatic carbocycles. The van der Waals surface area contributed by atoms with Gasteiger partial charge in [0.2, 0.25) is 0 Å². The molecule has 0 spiro atoms. The highest BCUT2D eigenvalue weighted by atomic mass is 32.2. The SMILES string of the molecule is CC(C)OC(=O)CNc1cccc(CN(Cc2ccc(-c3nccs3)cc2)S(=O)(=O)c2ccccn2)n1. The van der Waals surface area contributed by atoms with Crippen LogP contribution in [0, 0.1) is 0 Å². The lowest BCUT2D eigenvalue weighted by molar-refractivity contribution is -0.145. The molecule has 4 aromatic rings. The molecule has 1 N–H and O–H groups in total. The predicted octanol–water partition coefficient (Wildman–Crippen LogP) is 4.35. The number of nitrogens with one attached hydrogen (secondary N) is 1. The number of pyridine rings is 2. The number of sulfonamides is 1. The minimum Gasteiger partial charge on any atom is -0.462 e. The number of aromatic nitrogens is 3. The van der Waals surface area contributed by atoms with Gasteiger partial charge in [0.1, 0.15) is 17.4 Å². The van der Waals surface area contributed by atoms with E-state index in [0.717, 1.165) is 16.1 Å². The number of ether oxygens (including phenoxy) is 1. The molecule has 0 saturated heterocycles. The minimum atomic E-state index is -3.93. The molecule has 37 heavy (non-hydrogen) atoms. The minimum absolute atomic E-state index is 0.0130. The number of thiazole rings is 1. The van der Waals surface area contributed by atoms with Crippen LogP contribution >= 0.6 is 11.3 Å². The average molecular weight is 538 g/mol. The molecule has 0 aliphatic rings. The summed E-state index contributed by atoms with van der Waals surface area (Å²) in [4.78, 5) is 24.8. The summed E-state index contributed by atoms with van der Waals surface area (Å²) in [6, 6.07) is 17.6. The molecule has 3 heterocycles. The fourth-order valence-corrected chi connectivity index (χ4v) is 5.47. The molecule has 0 fully saturated rings. The van der Waals surface area contributed by atoms with Gasteiger partial charge in [-0.25, -0.2) is 23.4 Å². The van der Waals surface area contributed by atoms with E-state index in [1.165, 1.54) is 27.9 Å². The molecular weight excluding hydrogens is 510 g/mol. The molecule has 0 amide bonds. The van der Waals surface area contributed by atoms with Crippen LogP contribution in [0.3, 0.4) is 0 Å². The van der Waals surface area contributed by atoms with Gasteiger partial charge in [-0.15, -0.1) is 11.3 Å². The van der Waals surface area contributed by atoms with Gasteiger partial charge < -0.3 is 10.1 Å². The number of benzene rings is 1. The third-order valence-electron chi connectivity index (χ3n) is 5.16. The van der Waals surface area contributed by atoms with Gasteiger partial charge in [-0.1, -0.05) is 36.4 Å². The van der Waals surface area contributed by atoms with E-state index in [2.05, 4.69) is 20.3 Å². The molecule has 0 unspecified atom stereocenters. The van der Waals surface area contributed by atoms with Crippen LogP contribution in [0.5, 0.6) is 0 Å². The molecule has 11 heteroatoms. The highest BCUT2D eigenvalue weighted by Gasteiger charge is 2.26. The molecule has 0 bridgehead atoms. The fraction of sp³-hybridized carbons (Fsp3) is 0.231. The Morgan fingerprint density at radius 1 is 1.00 bits per heavy atom. The Morgan fingerprint density at radius 3 is 2.49 bits per heavy atom. The third kappa shape index (κ3) is 7.19. The first-order valence-electron chi connectivity index (χ1n) is 11.6. The van der Waals surface area contributed by atoms with E-state index in [9.17, 15) is 13.2 Å². The third-order valence-corrected chi connectivity index (χ3v) is 7.69. The Labute approximate surface area is 220 Å². The maximum absolute atomic E-state index is 13.5. The lowest BCUT2D eigenvalue weighted by atomic mass is 10.1. The first kappa shape index (κ1) is 26.4. The van der Waals surface area contributed by atoms with Crippen LogP contribution in [0.25, 0.3) is 10.6 Å². The molecule has 0 aliphatic heterocycles. The molecule has 4 rings (SSSR count). The smallest absolute Gasteiger partial charge is 0.325 e. The number of carbonyl (C=O) groups excluding carboxylic acids is 1. The lowest BCUT2D eigenvalue weighted by Gasteiger charge is -2.22. The van der Waals surface area contributed by atoms with Crippen molar-refractivity contribution in [2.75, 3.05) is 11.9 Å². The predicted molar refractivity (Wildman–Crippen MR) is 142 cm³/mol. The van der Waals surface area contributed by atoms with Gasteiger partial charge in [0, 0.05) is 29.9 Å². The standard InChI is InChI=1S/C26H27N5O4S2/c1-19(2)35-25(32)16-29-23-7-5-6-22(30-23)18-31(37(33,34)24-8-3-4-13-27-24)17-20-9-11-21(12-10-20)26-28-14-15-36-26/h3-15,19H,16-18H2,1-2H3,(H,29,30). The van der Waals surface area contributed by atoms with Gasteiger partial charge in [-0.2, -0.15) is 4.31 Å². The van der Waals surface area contributed by atoms with Crippen LogP contribution in [0.4, 0.5) is 5.82 Å². The molecular formula is C26H27N5O4S2. The van der Waals surface area contributed by atoms with Crippen LogP contribution in [0.2, 0.25) is 0 Å². The zero-order valence-corrected chi connectivity index (χ0v) is 22.1. The van der Waals surface area contributed by atoms with Crippen molar-refractivity contribution in [1.82, 2.24) is 19.3 Å². The van der Waals surface area contributed by atoms with E-state index in [1.54, 1.807) is 50.4 Å². The Hall–Kier alpha value is -3.67. The second kappa shape index (κ2) is 12.0. The maximum atomic E-state index is 13.5. The highest BCUT2D eigenvalue weighted by molar-refractivity contribution is 7.89. The van der Waals surface area contributed by atoms with Crippen LogP contribution in [-0.2, 0) is 32.6 Å². The Kier molecular flexibility index (Phi) is 8.59. The molecule has 192 valence electrons. The quantitative estimate of drug-likeness (QED) is 0.281. The van der Waals surface area contributed by atoms with Crippen LogP contribution in [0.15, 0.2) is 83.5 Å². The fourth-order valence-electron chi connectivity index (χ4n) is 3.49. The molecule has 9 nitrogen and oxygen atoms in total. The second-order valence-corrected chi connectivity index (χ2v) is 11.2. The molecule has 0 aliphatic carbocycles. The van der Waals surface area contributed by atoms with Crippen LogP contribution in [0.1, 0.15) is 25.1 Å². The van der Waals surface area contributed by atoms with E-state index in [-0.39, 0.29) is 30.8 Å². The summed E-state index contributed by atoms with van der Waals surface area (Å²) in [6.07, 6.45) is 2.99. The van der Waals surface area contributed by atoms with Gasteiger partial charge in [-0.05, 0) is 43.7 Å². The largest absolute Gasteiger partial charge is 0.462 e. The monoisotopic (exact) mass is 537 g/mol. The van der Waals surface area contributed by atoms with Crippen LogP contribution < -0.4 is 5.32 Å². The summed E-state index contributed by atoms with van der Waals surface area (Å²) < 4.78 is 33.6. The zero-order chi connectivity index (χ0) is 26.3. The van der Waals surface area contributed by atoms with Crippen molar-refractivity contribution in [3.63, 3.8) is 0 Å². The van der Waals surface area contributed by atoms with Crippen molar-refractivity contribution >= 4 is 33.1 Å². The van der Waals surface area contributed by atoms with E-state index < -0.39 is 16.0 Å². The van der Waals surface area contributed by atoms with Crippen molar-refractivity contribution in [2.24, 2.45) is 0 Å². The number of rotatable bonds is 11. The molecule has 0 atom stereocenters. The molecule has 0 radical (unpaired) electrons. The second-order valence-electron chi connectivity index (χ2n) is 8.38. The van der Waals surface area contributed by atoms with Crippen molar-refractivity contribution in [2.45, 2.75) is 38.1 Å². The summed E-state index contributed by atoms with van der Waals surface area (Å²) in [6.45, 7) is 3.65. The van der Waals surface area contributed by atoms with Crippen molar-refractivity contribution < 1.29 is 17.9 Å². The zero-order valence-electron chi connectivity index (χ0n) is 20.4. The summed E-state index contributed by atoms with van der Waals surface area (Å²) in [7, 11) is -3.93. The first-order chi connectivity index (χ1) is 17.8. The van der Waals surface area contributed by atoms with Gasteiger partial charge in [0.25, 0.3) is 10.0 Å². The normalized spacial score (nSPS) is 11.6. The van der Waals surface area contributed by atoms with Gasteiger partial charge >= 0.3 is 5.97 Å². The van der Waals surface area contributed by atoms with Crippen molar-refractivity contribution in [3.8, 4) is 10.6 Å². The summed E-state index contributed by atoms with van der Waals surface area (Å²) >= 11 is 1.54. The molecule has 0 saturated carbocycles. The van der Waals surface area contributed by atoms with Crippen molar-refractivity contribution in [1.29, 1.82) is 0 Å². The number of carbonyl (C=O) groups is 1. The van der Waals surface area contributed by atoms with E-state index in [1.807, 2.05) is 29.6 Å². The number of hydrogen-bond acceptors (Lipinski definition) is 9. The number of nitrogens with zero attached hydrogens (tertiary/aromatic N) is 4. The molecule has 3 aromatic heterocycles.